The third-order valence-electron chi connectivity index (χ3n) is 1.12. The van der Waals surface area contributed by atoms with Crippen LogP contribution in [0.1, 0.15) is 27.7 Å². The first kappa shape index (κ1) is 29.5. The van der Waals surface area contributed by atoms with Crippen molar-refractivity contribution in [2.45, 2.75) is 79.2 Å². The molecule has 0 atom stereocenters. The third kappa shape index (κ3) is 77.5. The van der Waals surface area contributed by atoms with Crippen LogP contribution in [0.4, 0.5) is 0 Å². The minimum atomic E-state index is -1.11. The van der Waals surface area contributed by atoms with Crippen molar-refractivity contribution < 1.29 is 31.9 Å². The summed E-state index contributed by atoms with van der Waals surface area (Å²) in [5, 5.41) is 16.1. The topological polar surface area (TPSA) is 40.5 Å². The number of hydrogen-bond acceptors (Lipinski definition) is 2. The number of rotatable bonds is 3. The second-order valence-electron chi connectivity index (χ2n) is 7.31. The molecular formula is C16H36O2Si2Ti. The van der Waals surface area contributed by atoms with Gasteiger partial charge in [-0.3, -0.25) is 0 Å². The van der Waals surface area contributed by atoms with E-state index in [9.17, 15) is 0 Å². The standard InChI is InChI=1S/C10H20Si2.2C3H8O.Ti/c1-11(2,3)9-7-8-10-12(4,5)6;2*1-3(2)4;/h7-8H,1-6H3;2*3-4H,1-2H3;/q-2;;;+2. The van der Waals surface area contributed by atoms with Gasteiger partial charge in [0.05, 0.1) is 0 Å². The van der Waals surface area contributed by atoms with Gasteiger partial charge >= 0.3 is 21.7 Å². The maximum Gasteiger partial charge on any atom is 2.00 e. The van der Waals surface area contributed by atoms with Gasteiger partial charge in [0.1, 0.15) is 0 Å². The van der Waals surface area contributed by atoms with Gasteiger partial charge in [-0.25, -0.2) is 0 Å². The molecule has 0 radical (unpaired) electrons. The van der Waals surface area contributed by atoms with Gasteiger partial charge in [0.2, 0.25) is 0 Å². The minimum Gasteiger partial charge on any atom is -0.394 e. The van der Waals surface area contributed by atoms with Crippen LogP contribution in [-0.2, 0) is 21.7 Å². The van der Waals surface area contributed by atoms with Gasteiger partial charge in [0, 0.05) is 12.2 Å². The molecule has 0 aromatic carbocycles. The van der Waals surface area contributed by atoms with Crippen LogP contribution in [0.2, 0.25) is 39.3 Å². The fourth-order valence-corrected chi connectivity index (χ4v) is 1.75. The molecule has 2 nitrogen and oxygen atoms in total. The van der Waals surface area contributed by atoms with Crippen molar-refractivity contribution in [3.8, 4) is 0 Å². The van der Waals surface area contributed by atoms with Gasteiger partial charge in [-0.15, -0.1) is 0 Å². The molecule has 0 heterocycles. The Morgan fingerprint density at radius 2 is 0.810 bits per heavy atom. The molecule has 0 fully saturated rings. The molecule has 0 spiro atoms. The van der Waals surface area contributed by atoms with Crippen molar-refractivity contribution in [2.24, 2.45) is 0 Å². The third-order valence-corrected chi connectivity index (χ3v) is 3.18. The Morgan fingerprint density at radius 1 is 0.667 bits per heavy atom. The van der Waals surface area contributed by atoms with E-state index in [-0.39, 0.29) is 33.9 Å². The molecule has 0 aliphatic carbocycles. The second-order valence-corrected chi connectivity index (χ2v) is 16.9. The molecule has 21 heavy (non-hydrogen) atoms. The van der Waals surface area contributed by atoms with Crippen LogP contribution in [0.15, 0.2) is 12.2 Å². The summed E-state index contributed by atoms with van der Waals surface area (Å²) in [5.74, 6) is 0. The Labute approximate surface area is 150 Å². The zero-order valence-electron chi connectivity index (χ0n) is 15.7. The van der Waals surface area contributed by atoms with Gasteiger partial charge in [0.25, 0.3) is 0 Å². The molecule has 5 heteroatoms. The summed E-state index contributed by atoms with van der Waals surface area (Å²) < 4.78 is 0. The molecule has 0 rings (SSSR count). The van der Waals surface area contributed by atoms with Crippen LogP contribution in [0.25, 0.3) is 0 Å². The molecule has 0 aliphatic rings. The van der Waals surface area contributed by atoms with Gasteiger partial charge in [-0.2, -0.15) is 0 Å². The summed E-state index contributed by atoms with van der Waals surface area (Å²) in [5.41, 5.74) is 6.82. The molecule has 0 bridgehead atoms. The van der Waals surface area contributed by atoms with Crippen molar-refractivity contribution in [1.82, 2.24) is 0 Å². The van der Waals surface area contributed by atoms with Crippen LogP contribution in [0.5, 0.6) is 0 Å². The number of hydrogen-bond donors (Lipinski definition) is 2. The van der Waals surface area contributed by atoms with Crippen LogP contribution in [0.3, 0.4) is 0 Å². The van der Waals surface area contributed by atoms with Crippen molar-refractivity contribution in [3.63, 3.8) is 0 Å². The largest absolute Gasteiger partial charge is 2.00 e. The zero-order chi connectivity index (χ0) is 17.0. The Balaban J connectivity index is -0.000000134. The van der Waals surface area contributed by atoms with E-state index in [1.807, 2.05) is 12.2 Å². The molecule has 0 unspecified atom stereocenters. The van der Waals surface area contributed by atoms with E-state index in [0.717, 1.165) is 0 Å². The summed E-state index contributed by atoms with van der Waals surface area (Å²) in [4.78, 5) is 0. The van der Waals surface area contributed by atoms with Crippen LogP contribution >= 0.6 is 0 Å². The first-order chi connectivity index (χ1) is 8.67. The summed E-state index contributed by atoms with van der Waals surface area (Å²) in [6, 6.07) is 0. The molecule has 0 amide bonds. The molecule has 0 saturated heterocycles. The molecule has 0 saturated carbocycles. The zero-order valence-corrected chi connectivity index (χ0v) is 19.3. The van der Waals surface area contributed by atoms with E-state index >= 15 is 0 Å². The fraction of sp³-hybridized carbons (Fsp3) is 0.750. The number of allylic oxidation sites excluding steroid dienone is 2. The first-order valence-electron chi connectivity index (χ1n) is 7.24. The minimum absolute atomic E-state index is 0. The van der Waals surface area contributed by atoms with Crippen molar-refractivity contribution in [3.05, 3.63) is 23.6 Å². The molecular weight excluding hydrogens is 328 g/mol. The second kappa shape index (κ2) is 15.4. The number of aliphatic hydroxyl groups is 2. The van der Waals surface area contributed by atoms with E-state index < -0.39 is 16.1 Å². The van der Waals surface area contributed by atoms with Crippen LogP contribution < -0.4 is 0 Å². The fourth-order valence-electron chi connectivity index (χ4n) is 0.583. The Bertz CT molecular complexity index is 229. The average Bonchev–Trinajstić information content (AvgIpc) is 2.07. The summed E-state index contributed by atoms with van der Waals surface area (Å²) >= 11 is 0. The van der Waals surface area contributed by atoms with Gasteiger partial charge in [0.15, 0.2) is 0 Å². The smallest absolute Gasteiger partial charge is 0.394 e. The van der Waals surface area contributed by atoms with E-state index in [2.05, 4.69) is 50.7 Å². The van der Waals surface area contributed by atoms with E-state index in [1.54, 1.807) is 27.7 Å². The summed E-state index contributed by atoms with van der Waals surface area (Å²) in [7, 11) is -2.23. The van der Waals surface area contributed by atoms with Crippen LogP contribution in [-0.4, -0.2) is 38.6 Å². The average molecular weight is 365 g/mol. The van der Waals surface area contributed by atoms with Gasteiger partial charge in [-0.1, -0.05) is 39.3 Å². The summed E-state index contributed by atoms with van der Waals surface area (Å²) in [6.07, 6.45) is 3.76. The van der Waals surface area contributed by atoms with Crippen molar-refractivity contribution in [1.29, 1.82) is 0 Å². The molecule has 124 valence electrons. The predicted octanol–water partition coefficient (Wildman–Crippen LogP) is 4.23. The maximum atomic E-state index is 8.06. The van der Waals surface area contributed by atoms with Crippen molar-refractivity contribution >= 4 is 16.1 Å². The predicted molar refractivity (Wildman–Crippen MR) is 97.0 cm³/mol. The number of aliphatic hydroxyl groups excluding tert-OH is 2. The molecule has 0 aromatic rings. The maximum absolute atomic E-state index is 8.06. The molecule has 2 N–H and O–H groups in total. The SMILES string of the molecule is CC(C)O.CC(C)O.C[Si](C)(C)[C-]=CC=[C-][Si](C)(C)C.[Ti+2]. The van der Waals surface area contributed by atoms with Gasteiger partial charge in [-0.05, 0) is 43.8 Å². The van der Waals surface area contributed by atoms with Crippen LogP contribution in [0, 0.1) is 11.4 Å². The van der Waals surface area contributed by atoms with Crippen molar-refractivity contribution in [2.75, 3.05) is 0 Å². The van der Waals surface area contributed by atoms with E-state index in [1.165, 1.54) is 0 Å². The van der Waals surface area contributed by atoms with Gasteiger partial charge < -0.3 is 33.8 Å². The summed E-state index contributed by atoms with van der Waals surface area (Å²) in [6.45, 7) is 20.6. The molecule has 0 aromatic heterocycles. The van der Waals surface area contributed by atoms with E-state index in [4.69, 9.17) is 10.2 Å². The first-order valence-corrected chi connectivity index (χ1v) is 14.2. The quantitative estimate of drug-likeness (QED) is 0.447. The monoisotopic (exact) mass is 364 g/mol. The Kier molecular flexibility index (Phi) is 21.7. The normalized spacial score (nSPS) is 11.9. The Morgan fingerprint density at radius 3 is 0.905 bits per heavy atom. The van der Waals surface area contributed by atoms with E-state index in [0.29, 0.717) is 0 Å². The Hall–Kier alpha value is 0.548. The molecule has 0 aliphatic heterocycles.